The minimum atomic E-state index is -0.582. The highest BCUT2D eigenvalue weighted by molar-refractivity contribution is 6.35. The number of nitrogens with zero attached hydrogens (tertiary/aromatic N) is 2. The van der Waals surface area contributed by atoms with E-state index in [2.05, 4.69) is 20.7 Å². The Bertz CT molecular complexity index is 623. The predicted octanol–water partition coefficient (Wildman–Crippen LogP) is 3.38. The number of anilines is 2. The van der Waals surface area contributed by atoms with Crippen molar-refractivity contribution in [1.82, 2.24) is 9.97 Å². The molecule has 106 valence electrons. The smallest absolute Gasteiger partial charge is 0.239 e. The Morgan fingerprint density at radius 2 is 2.10 bits per heavy atom. The molecule has 0 spiro atoms. The molecule has 0 saturated heterocycles. The number of aromatic nitrogens is 2. The molecule has 4 N–H and O–H groups in total. The Labute approximate surface area is 125 Å². The zero-order valence-electron chi connectivity index (χ0n) is 10.5. The van der Waals surface area contributed by atoms with E-state index in [9.17, 15) is 4.39 Å². The monoisotopic (exact) mass is 315 g/mol. The maximum Gasteiger partial charge on any atom is 0.239 e. The van der Waals surface area contributed by atoms with Crippen molar-refractivity contribution in [3.63, 3.8) is 0 Å². The van der Waals surface area contributed by atoms with Crippen molar-refractivity contribution in [2.24, 2.45) is 5.84 Å². The van der Waals surface area contributed by atoms with Gasteiger partial charge in [0.05, 0.1) is 12.2 Å². The molecule has 5 nitrogen and oxygen atoms in total. The summed E-state index contributed by atoms with van der Waals surface area (Å²) in [5.41, 5.74) is 3.03. The second-order valence-electron chi connectivity index (χ2n) is 4.07. The zero-order chi connectivity index (χ0) is 14.7. The molecule has 0 aliphatic rings. The highest BCUT2D eigenvalue weighted by Gasteiger charge is 2.14. The number of benzene rings is 1. The summed E-state index contributed by atoms with van der Waals surface area (Å²) in [6.07, 6.45) is 1.03. The number of hydrazine groups is 1. The van der Waals surface area contributed by atoms with Crippen LogP contribution in [-0.2, 0) is 0 Å². The quantitative estimate of drug-likeness (QED) is 0.595. The van der Waals surface area contributed by atoms with Crippen molar-refractivity contribution in [3.8, 4) is 0 Å². The highest BCUT2D eigenvalue weighted by Crippen LogP contribution is 2.28. The lowest BCUT2D eigenvalue weighted by Crippen LogP contribution is -2.14. The van der Waals surface area contributed by atoms with Crippen LogP contribution in [0.15, 0.2) is 24.4 Å². The van der Waals surface area contributed by atoms with Crippen LogP contribution in [0.4, 0.5) is 16.2 Å². The summed E-state index contributed by atoms with van der Waals surface area (Å²) in [5.74, 6) is 4.76. The van der Waals surface area contributed by atoms with Crippen LogP contribution in [0, 0.1) is 5.82 Å². The fourth-order valence-electron chi connectivity index (χ4n) is 1.67. The topological polar surface area (TPSA) is 75.9 Å². The molecule has 20 heavy (non-hydrogen) atoms. The SMILES string of the molecule is CC(Nc1nc(NN)ncc1F)c1ccc(Cl)cc1Cl. The van der Waals surface area contributed by atoms with Gasteiger partial charge in [-0.3, -0.25) is 5.43 Å². The second kappa shape index (κ2) is 6.21. The second-order valence-corrected chi connectivity index (χ2v) is 4.91. The van der Waals surface area contributed by atoms with E-state index in [0.717, 1.165) is 11.8 Å². The summed E-state index contributed by atoms with van der Waals surface area (Å²) in [6.45, 7) is 1.83. The Morgan fingerprint density at radius 3 is 2.75 bits per heavy atom. The summed E-state index contributed by atoms with van der Waals surface area (Å²) in [5, 5.41) is 3.94. The molecule has 1 heterocycles. The van der Waals surface area contributed by atoms with Crippen molar-refractivity contribution in [3.05, 3.63) is 45.8 Å². The van der Waals surface area contributed by atoms with Crippen LogP contribution in [0.1, 0.15) is 18.5 Å². The summed E-state index contributed by atoms with van der Waals surface area (Å²) in [4.78, 5) is 7.56. The molecular weight excluding hydrogens is 304 g/mol. The van der Waals surface area contributed by atoms with Crippen LogP contribution >= 0.6 is 23.2 Å². The van der Waals surface area contributed by atoms with Crippen LogP contribution in [0.5, 0.6) is 0 Å². The van der Waals surface area contributed by atoms with E-state index in [0.29, 0.717) is 10.0 Å². The van der Waals surface area contributed by atoms with Crippen molar-refractivity contribution in [2.75, 3.05) is 10.7 Å². The van der Waals surface area contributed by atoms with Crippen molar-refractivity contribution in [2.45, 2.75) is 13.0 Å². The van der Waals surface area contributed by atoms with Gasteiger partial charge in [0.15, 0.2) is 11.6 Å². The first-order chi connectivity index (χ1) is 9.51. The summed E-state index contributed by atoms with van der Waals surface area (Å²) >= 11 is 11.9. The number of nitrogen functional groups attached to an aromatic ring is 1. The molecular formula is C12H12Cl2FN5. The van der Waals surface area contributed by atoms with Crippen molar-refractivity contribution < 1.29 is 4.39 Å². The highest BCUT2D eigenvalue weighted by atomic mass is 35.5. The molecule has 0 radical (unpaired) electrons. The molecule has 0 fully saturated rings. The van der Waals surface area contributed by atoms with Crippen LogP contribution in [0.25, 0.3) is 0 Å². The molecule has 0 aliphatic carbocycles. The molecule has 1 aromatic heterocycles. The molecule has 0 bridgehead atoms. The van der Waals surface area contributed by atoms with Gasteiger partial charge in [-0.05, 0) is 24.6 Å². The third-order valence-electron chi connectivity index (χ3n) is 2.66. The third-order valence-corrected chi connectivity index (χ3v) is 3.22. The number of halogens is 3. The van der Waals surface area contributed by atoms with E-state index in [1.165, 1.54) is 0 Å². The average molecular weight is 316 g/mol. The molecule has 0 saturated carbocycles. The number of nitrogens with one attached hydrogen (secondary N) is 2. The maximum atomic E-state index is 13.6. The zero-order valence-corrected chi connectivity index (χ0v) is 12.0. The summed E-state index contributed by atoms with van der Waals surface area (Å²) in [6, 6.07) is 4.84. The Hall–Kier alpha value is -1.63. The van der Waals surface area contributed by atoms with Gasteiger partial charge in [0.2, 0.25) is 5.95 Å². The van der Waals surface area contributed by atoms with Gasteiger partial charge in [-0.2, -0.15) is 4.98 Å². The number of hydrogen-bond acceptors (Lipinski definition) is 5. The van der Waals surface area contributed by atoms with Gasteiger partial charge >= 0.3 is 0 Å². The van der Waals surface area contributed by atoms with Gasteiger partial charge in [-0.1, -0.05) is 29.3 Å². The Morgan fingerprint density at radius 1 is 1.35 bits per heavy atom. The first kappa shape index (κ1) is 14.8. The number of hydrogen-bond donors (Lipinski definition) is 3. The summed E-state index contributed by atoms with van der Waals surface area (Å²) in [7, 11) is 0. The molecule has 8 heteroatoms. The molecule has 2 rings (SSSR count). The lowest BCUT2D eigenvalue weighted by atomic mass is 10.1. The Kier molecular flexibility index (Phi) is 4.59. The summed E-state index contributed by atoms with van der Waals surface area (Å²) < 4.78 is 13.6. The minimum Gasteiger partial charge on any atom is -0.361 e. The molecule has 2 aromatic rings. The van der Waals surface area contributed by atoms with E-state index in [4.69, 9.17) is 29.0 Å². The van der Waals surface area contributed by atoms with Gasteiger partial charge in [-0.25, -0.2) is 15.2 Å². The maximum absolute atomic E-state index is 13.6. The lowest BCUT2D eigenvalue weighted by Gasteiger charge is -2.17. The normalized spacial score (nSPS) is 12.1. The van der Waals surface area contributed by atoms with Crippen LogP contribution in [-0.4, -0.2) is 9.97 Å². The van der Waals surface area contributed by atoms with Crippen LogP contribution in [0.3, 0.4) is 0 Å². The lowest BCUT2D eigenvalue weighted by molar-refractivity contribution is 0.614. The van der Waals surface area contributed by atoms with Crippen molar-refractivity contribution in [1.29, 1.82) is 0 Å². The Balaban J connectivity index is 2.25. The van der Waals surface area contributed by atoms with Crippen LogP contribution < -0.4 is 16.6 Å². The number of nitrogens with two attached hydrogens (primary N) is 1. The van der Waals surface area contributed by atoms with Gasteiger partial charge in [0, 0.05) is 10.0 Å². The molecule has 0 aliphatic heterocycles. The van der Waals surface area contributed by atoms with E-state index >= 15 is 0 Å². The van der Waals surface area contributed by atoms with Gasteiger partial charge < -0.3 is 5.32 Å². The minimum absolute atomic E-state index is 0.0338. The van der Waals surface area contributed by atoms with Crippen molar-refractivity contribution >= 4 is 35.0 Å². The van der Waals surface area contributed by atoms with Gasteiger partial charge in [0.1, 0.15) is 0 Å². The van der Waals surface area contributed by atoms with E-state index in [1.807, 2.05) is 6.92 Å². The van der Waals surface area contributed by atoms with Gasteiger partial charge in [0.25, 0.3) is 0 Å². The van der Waals surface area contributed by atoms with Crippen LogP contribution in [0.2, 0.25) is 10.0 Å². The fourth-order valence-corrected chi connectivity index (χ4v) is 2.25. The third kappa shape index (κ3) is 3.27. The van der Waals surface area contributed by atoms with E-state index in [-0.39, 0.29) is 17.8 Å². The number of rotatable bonds is 4. The largest absolute Gasteiger partial charge is 0.361 e. The standard InChI is InChI=1S/C12H12Cl2FN5/c1-6(8-3-2-7(13)4-9(8)14)18-11-10(15)5-17-12(19-11)20-16/h2-6H,16H2,1H3,(H2,17,18,19,20). The molecule has 1 aromatic carbocycles. The molecule has 1 atom stereocenters. The molecule has 1 unspecified atom stereocenters. The predicted molar refractivity (Wildman–Crippen MR) is 78.3 cm³/mol. The molecule has 0 amide bonds. The first-order valence-electron chi connectivity index (χ1n) is 5.72. The average Bonchev–Trinajstić information content (AvgIpc) is 2.41. The first-order valence-corrected chi connectivity index (χ1v) is 6.47. The fraction of sp³-hybridized carbons (Fsp3) is 0.167. The van der Waals surface area contributed by atoms with E-state index < -0.39 is 5.82 Å². The van der Waals surface area contributed by atoms with E-state index in [1.54, 1.807) is 18.2 Å². The van der Waals surface area contributed by atoms with Gasteiger partial charge in [-0.15, -0.1) is 0 Å².